The summed E-state index contributed by atoms with van der Waals surface area (Å²) < 4.78 is 0. The molecule has 1 atom stereocenters. The first kappa shape index (κ1) is 22.0. The van der Waals surface area contributed by atoms with Gasteiger partial charge in [-0.05, 0) is 68.7 Å². The van der Waals surface area contributed by atoms with Gasteiger partial charge in [0.2, 0.25) is 5.78 Å². The van der Waals surface area contributed by atoms with E-state index in [1.807, 2.05) is 32.0 Å². The average Bonchev–Trinajstić information content (AvgIpc) is 3.18. The number of ketones is 1. The number of phenols is 1. The summed E-state index contributed by atoms with van der Waals surface area (Å²) in [4.78, 5) is 32.9. The van der Waals surface area contributed by atoms with Crippen LogP contribution in [-0.2, 0) is 4.79 Å². The number of carbonyl (C=O) groups is 2. The molecule has 2 N–H and O–H groups in total. The van der Waals surface area contributed by atoms with Crippen LogP contribution in [0.15, 0.2) is 47.7 Å². The number of aryl methyl sites for hydroxylation is 4. The molecule has 2 heterocycles. The number of Topliss-reactive ketones (excluding diaryl/α,β-unsaturated/α-hetero) is 1. The Bertz CT molecular complexity index is 1290. The molecule has 1 unspecified atom stereocenters. The van der Waals surface area contributed by atoms with Crippen molar-refractivity contribution >= 4 is 40.3 Å². The molecule has 0 saturated heterocycles. The Hall–Kier alpha value is -3.16. The highest BCUT2D eigenvalue weighted by atomic mass is 35.5. The number of aromatic hydroxyl groups is 1. The van der Waals surface area contributed by atoms with Gasteiger partial charge >= 0.3 is 0 Å². The van der Waals surface area contributed by atoms with Gasteiger partial charge in [0.25, 0.3) is 5.91 Å². The first-order valence-corrected chi connectivity index (χ1v) is 11.1. The van der Waals surface area contributed by atoms with E-state index in [0.717, 1.165) is 11.1 Å². The van der Waals surface area contributed by atoms with E-state index in [1.165, 1.54) is 28.4 Å². The molecule has 0 bridgehead atoms. The minimum atomic E-state index is -0.920. The molecule has 4 rings (SSSR count). The van der Waals surface area contributed by atoms with Gasteiger partial charge in [0, 0.05) is 5.69 Å². The smallest absolute Gasteiger partial charge is 0.294 e. The van der Waals surface area contributed by atoms with E-state index in [9.17, 15) is 19.8 Å². The molecule has 6 nitrogen and oxygen atoms in total. The molecule has 32 heavy (non-hydrogen) atoms. The van der Waals surface area contributed by atoms with Crippen molar-refractivity contribution in [3.8, 4) is 5.75 Å². The number of carbonyl (C=O) groups excluding carboxylic acids is 2. The number of anilines is 1. The third-order valence-corrected chi connectivity index (χ3v) is 6.71. The molecule has 1 aliphatic rings. The summed E-state index contributed by atoms with van der Waals surface area (Å²) in [6.07, 6.45) is 0. The highest BCUT2D eigenvalue weighted by Gasteiger charge is 2.45. The molecule has 3 aromatic rings. The van der Waals surface area contributed by atoms with E-state index >= 15 is 0 Å². The molecule has 0 radical (unpaired) electrons. The van der Waals surface area contributed by atoms with Gasteiger partial charge in [-0.1, -0.05) is 23.7 Å². The first-order chi connectivity index (χ1) is 15.1. The van der Waals surface area contributed by atoms with Crippen molar-refractivity contribution in [2.45, 2.75) is 33.7 Å². The Morgan fingerprint density at radius 3 is 2.28 bits per heavy atom. The minimum absolute atomic E-state index is 0.0392. The number of rotatable bonds is 4. The van der Waals surface area contributed by atoms with Gasteiger partial charge in [-0.15, -0.1) is 11.3 Å². The molecule has 1 aromatic heterocycles. The summed E-state index contributed by atoms with van der Waals surface area (Å²) in [6.45, 7) is 7.33. The zero-order valence-corrected chi connectivity index (χ0v) is 19.5. The van der Waals surface area contributed by atoms with Gasteiger partial charge in [0.05, 0.1) is 32.2 Å². The molecular formula is C24H21ClN2O4S. The second-order valence-corrected chi connectivity index (χ2v) is 9.48. The highest BCUT2D eigenvalue weighted by molar-refractivity contribution is 7.14. The Morgan fingerprint density at radius 1 is 1.06 bits per heavy atom. The standard InChI is InChI=1S/C24H21ClN2O4S/c1-11-7-12(2)9-16(8-11)27-20(15-5-6-18(28)17(25)10-15)19(22(30)24(27)31)21(29)23-13(3)26-14(4)32-23/h5-10,20,28,30H,1-4H3. The summed E-state index contributed by atoms with van der Waals surface area (Å²) in [6, 6.07) is 9.19. The van der Waals surface area contributed by atoms with Crippen molar-refractivity contribution in [2.75, 3.05) is 4.90 Å². The minimum Gasteiger partial charge on any atom is -0.506 e. The van der Waals surface area contributed by atoms with Crippen molar-refractivity contribution in [1.29, 1.82) is 0 Å². The topological polar surface area (TPSA) is 90.7 Å². The maximum Gasteiger partial charge on any atom is 0.294 e. The molecule has 164 valence electrons. The number of aliphatic hydroxyl groups excluding tert-OH is 1. The van der Waals surface area contributed by atoms with E-state index in [4.69, 9.17) is 11.6 Å². The SMILES string of the molecule is Cc1cc(C)cc(N2C(=O)C(O)=C(C(=O)c3sc(C)nc3C)C2c2ccc(O)c(Cl)c2)c1. The Kier molecular flexibility index (Phi) is 5.56. The van der Waals surface area contributed by atoms with Gasteiger partial charge in [0.15, 0.2) is 5.76 Å². The van der Waals surface area contributed by atoms with Crippen LogP contribution in [0.5, 0.6) is 5.75 Å². The number of aromatic nitrogens is 1. The van der Waals surface area contributed by atoms with Crippen LogP contribution >= 0.6 is 22.9 Å². The molecular weight excluding hydrogens is 448 g/mol. The average molecular weight is 469 g/mol. The van der Waals surface area contributed by atoms with Crippen LogP contribution in [-0.4, -0.2) is 26.9 Å². The lowest BCUT2D eigenvalue weighted by Gasteiger charge is -2.27. The molecule has 0 saturated carbocycles. The number of thiazole rings is 1. The van der Waals surface area contributed by atoms with Crippen LogP contribution in [0.25, 0.3) is 0 Å². The molecule has 0 spiro atoms. The number of halogens is 1. The van der Waals surface area contributed by atoms with E-state index in [-0.39, 0.29) is 16.3 Å². The number of phenolic OH excluding ortho intramolecular Hbond substituents is 1. The zero-order valence-electron chi connectivity index (χ0n) is 17.9. The normalized spacial score (nSPS) is 16.2. The molecule has 1 aliphatic heterocycles. The number of nitrogens with zero attached hydrogens (tertiary/aromatic N) is 2. The maximum atomic E-state index is 13.6. The van der Waals surface area contributed by atoms with Crippen LogP contribution in [0.3, 0.4) is 0 Å². The fourth-order valence-corrected chi connectivity index (χ4v) is 5.13. The summed E-state index contributed by atoms with van der Waals surface area (Å²) in [5.41, 5.74) is 3.41. The predicted molar refractivity (Wildman–Crippen MR) is 125 cm³/mol. The molecule has 1 amide bonds. The highest BCUT2D eigenvalue weighted by Crippen LogP contribution is 2.44. The molecule has 8 heteroatoms. The van der Waals surface area contributed by atoms with Crippen LogP contribution in [0.2, 0.25) is 5.02 Å². The Morgan fingerprint density at radius 2 is 1.72 bits per heavy atom. The lowest BCUT2D eigenvalue weighted by atomic mass is 9.94. The first-order valence-electron chi connectivity index (χ1n) is 9.90. The van der Waals surface area contributed by atoms with Gasteiger partial charge in [0.1, 0.15) is 5.75 Å². The van der Waals surface area contributed by atoms with Crippen LogP contribution in [0.4, 0.5) is 5.69 Å². The van der Waals surface area contributed by atoms with Gasteiger partial charge in [-0.2, -0.15) is 0 Å². The Labute approximate surface area is 194 Å². The van der Waals surface area contributed by atoms with E-state index in [0.29, 0.717) is 26.8 Å². The number of hydrogen-bond donors (Lipinski definition) is 2. The quantitative estimate of drug-likeness (QED) is 0.492. The second-order valence-electron chi connectivity index (χ2n) is 7.87. The number of amides is 1. The number of hydrogen-bond acceptors (Lipinski definition) is 6. The third kappa shape index (κ3) is 3.67. The van der Waals surface area contributed by atoms with Crippen molar-refractivity contribution in [3.05, 3.63) is 85.0 Å². The van der Waals surface area contributed by atoms with Crippen molar-refractivity contribution < 1.29 is 19.8 Å². The zero-order chi connectivity index (χ0) is 23.3. The van der Waals surface area contributed by atoms with E-state index < -0.39 is 23.5 Å². The maximum absolute atomic E-state index is 13.6. The summed E-state index contributed by atoms with van der Waals surface area (Å²) in [5.74, 6) is -1.85. The molecule has 0 aliphatic carbocycles. The summed E-state index contributed by atoms with van der Waals surface area (Å²) in [5, 5.41) is 21.6. The summed E-state index contributed by atoms with van der Waals surface area (Å²) in [7, 11) is 0. The number of aliphatic hydroxyl groups is 1. The van der Waals surface area contributed by atoms with Crippen LogP contribution in [0.1, 0.15) is 43.1 Å². The summed E-state index contributed by atoms with van der Waals surface area (Å²) >= 11 is 7.37. The number of benzene rings is 2. The van der Waals surface area contributed by atoms with Crippen LogP contribution in [0, 0.1) is 27.7 Å². The fourth-order valence-electron chi connectivity index (χ4n) is 4.07. The van der Waals surface area contributed by atoms with Crippen molar-refractivity contribution in [3.63, 3.8) is 0 Å². The van der Waals surface area contributed by atoms with Crippen molar-refractivity contribution in [1.82, 2.24) is 4.98 Å². The van der Waals surface area contributed by atoms with Crippen LogP contribution < -0.4 is 4.90 Å². The predicted octanol–water partition coefficient (Wildman–Crippen LogP) is 5.52. The van der Waals surface area contributed by atoms with Crippen molar-refractivity contribution in [2.24, 2.45) is 0 Å². The monoisotopic (exact) mass is 468 g/mol. The molecule has 0 fully saturated rings. The van der Waals surface area contributed by atoms with Gasteiger partial charge < -0.3 is 10.2 Å². The van der Waals surface area contributed by atoms with Gasteiger partial charge in [-0.3, -0.25) is 14.5 Å². The lowest BCUT2D eigenvalue weighted by molar-refractivity contribution is -0.117. The van der Waals surface area contributed by atoms with Gasteiger partial charge in [-0.25, -0.2) is 4.98 Å². The largest absolute Gasteiger partial charge is 0.506 e. The second kappa shape index (κ2) is 8.07. The van der Waals surface area contributed by atoms with E-state index in [1.54, 1.807) is 19.9 Å². The lowest BCUT2D eigenvalue weighted by Crippen LogP contribution is -2.31. The Balaban J connectivity index is 1.94. The third-order valence-electron chi connectivity index (χ3n) is 5.33. The van der Waals surface area contributed by atoms with E-state index in [2.05, 4.69) is 4.98 Å². The molecule has 2 aromatic carbocycles. The fraction of sp³-hybridized carbons (Fsp3) is 0.208.